The van der Waals surface area contributed by atoms with Gasteiger partial charge in [0, 0.05) is 18.2 Å². The van der Waals surface area contributed by atoms with Crippen molar-refractivity contribution in [3.8, 4) is 5.75 Å². The van der Waals surface area contributed by atoms with Crippen molar-refractivity contribution in [3.05, 3.63) is 81.8 Å². The van der Waals surface area contributed by atoms with Gasteiger partial charge in [0.1, 0.15) is 11.6 Å². The summed E-state index contributed by atoms with van der Waals surface area (Å²) in [5.74, 6) is -0.613. The molecule has 28 heavy (non-hydrogen) atoms. The van der Waals surface area contributed by atoms with Crippen LogP contribution in [0, 0.1) is 5.82 Å². The lowest BCUT2D eigenvalue weighted by Gasteiger charge is -2.12. The van der Waals surface area contributed by atoms with E-state index in [1.807, 2.05) is 11.4 Å². The molecular formula is C21H19FN2O3S. The lowest BCUT2D eigenvalue weighted by atomic mass is 10.1. The maximum Gasteiger partial charge on any atom is 0.261 e. The Morgan fingerprint density at radius 1 is 1.07 bits per heavy atom. The molecule has 3 aromatic rings. The summed E-state index contributed by atoms with van der Waals surface area (Å²) in [4.78, 5) is 25.1. The average molecular weight is 398 g/mol. The second-order valence-electron chi connectivity index (χ2n) is 5.88. The number of carbonyl (C=O) groups is 2. The SMILES string of the molecule is CCOc1cc(F)ccc1NC(=O)c1ccc(CNC(=O)c2cccs2)cc1. The maximum atomic E-state index is 13.4. The molecule has 0 aliphatic carbocycles. The monoisotopic (exact) mass is 398 g/mol. The van der Waals surface area contributed by atoms with E-state index in [1.54, 1.807) is 37.3 Å². The summed E-state index contributed by atoms with van der Waals surface area (Å²) in [6.45, 7) is 2.51. The minimum atomic E-state index is -0.435. The molecule has 0 saturated carbocycles. The zero-order valence-electron chi connectivity index (χ0n) is 15.2. The zero-order valence-corrected chi connectivity index (χ0v) is 16.0. The Bertz CT molecular complexity index is 956. The number of anilines is 1. The highest BCUT2D eigenvalue weighted by atomic mass is 32.1. The highest BCUT2D eigenvalue weighted by Crippen LogP contribution is 2.26. The van der Waals surface area contributed by atoms with E-state index in [0.29, 0.717) is 29.3 Å². The third-order valence-electron chi connectivity index (χ3n) is 3.91. The normalized spacial score (nSPS) is 10.4. The van der Waals surface area contributed by atoms with Crippen molar-refractivity contribution in [1.29, 1.82) is 0 Å². The number of benzene rings is 2. The van der Waals surface area contributed by atoms with E-state index < -0.39 is 5.82 Å². The zero-order chi connectivity index (χ0) is 19.9. The van der Waals surface area contributed by atoms with Crippen LogP contribution in [0.1, 0.15) is 32.5 Å². The fourth-order valence-corrected chi connectivity index (χ4v) is 3.16. The van der Waals surface area contributed by atoms with Crippen molar-refractivity contribution >= 4 is 28.8 Å². The fraction of sp³-hybridized carbons (Fsp3) is 0.143. The van der Waals surface area contributed by atoms with Gasteiger partial charge in [-0.15, -0.1) is 11.3 Å². The van der Waals surface area contributed by atoms with Crippen LogP contribution in [-0.2, 0) is 6.54 Å². The summed E-state index contributed by atoms with van der Waals surface area (Å²) in [5.41, 5.74) is 1.72. The first kappa shape index (κ1) is 19.6. The Labute approximate surface area is 166 Å². The van der Waals surface area contributed by atoms with Crippen molar-refractivity contribution in [2.75, 3.05) is 11.9 Å². The van der Waals surface area contributed by atoms with Gasteiger partial charge >= 0.3 is 0 Å². The number of ether oxygens (including phenoxy) is 1. The highest BCUT2D eigenvalue weighted by Gasteiger charge is 2.11. The summed E-state index contributed by atoms with van der Waals surface area (Å²) in [7, 11) is 0. The summed E-state index contributed by atoms with van der Waals surface area (Å²) in [6, 6.07) is 14.4. The van der Waals surface area contributed by atoms with E-state index in [-0.39, 0.29) is 17.6 Å². The molecule has 2 aromatic carbocycles. The molecule has 7 heteroatoms. The Morgan fingerprint density at radius 2 is 1.86 bits per heavy atom. The van der Waals surface area contributed by atoms with E-state index in [4.69, 9.17) is 4.74 Å². The van der Waals surface area contributed by atoms with E-state index in [2.05, 4.69) is 10.6 Å². The van der Waals surface area contributed by atoms with Crippen LogP contribution in [0.25, 0.3) is 0 Å². The predicted molar refractivity (Wildman–Crippen MR) is 107 cm³/mol. The molecule has 144 valence electrons. The minimum Gasteiger partial charge on any atom is -0.492 e. The summed E-state index contributed by atoms with van der Waals surface area (Å²) >= 11 is 1.38. The second kappa shape index (κ2) is 9.14. The van der Waals surface area contributed by atoms with E-state index in [9.17, 15) is 14.0 Å². The lowest BCUT2D eigenvalue weighted by molar-refractivity contribution is 0.0953. The van der Waals surface area contributed by atoms with Gasteiger partial charge in [0.2, 0.25) is 0 Å². The van der Waals surface area contributed by atoms with Gasteiger partial charge in [-0.2, -0.15) is 0 Å². The molecule has 0 spiro atoms. The number of nitrogens with one attached hydrogen (secondary N) is 2. The third-order valence-corrected chi connectivity index (χ3v) is 4.77. The molecule has 0 saturated heterocycles. The number of hydrogen-bond acceptors (Lipinski definition) is 4. The lowest BCUT2D eigenvalue weighted by Crippen LogP contribution is -2.21. The van der Waals surface area contributed by atoms with Crippen molar-refractivity contribution in [2.24, 2.45) is 0 Å². The van der Waals surface area contributed by atoms with Crippen LogP contribution in [0.2, 0.25) is 0 Å². The van der Waals surface area contributed by atoms with E-state index >= 15 is 0 Å². The quantitative estimate of drug-likeness (QED) is 0.617. The van der Waals surface area contributed by atoms with Crippen LogP contribution in [0.3, 0.4) is 0 Å². The number of rotatable bonds is 7. The highest BCUT2D eigenvalue weighted by molar-refractivity contribution is 7.12. The summed E-state index contributed by atoms with van der Waals surface area (Å²) < 4.78 is 18.7. The summed E-state index contributed by atoms with van der Waals surface area (Å²) in [5, 5.41) is 7.41. The Hall–Kier alpha value is -3.19. The van der Waals surface area contributed by atoms with Gasteiger partial charge in [-0.05, 0) is 48.2 Å². The Morgan fingerprint density at radius 3 is 2.54 bits per heavy atom. The number of thiophene rings is 1. The molecule has 2 amide bonds. The largest absolute Gasteiger partial charge is 0.492 e. The van der Waals surface area contributed by atoms with Crippen molar-refractivity contribution in [3.63, 3.8) is 0 Å². The Balaban J connectivity index is 1.61. The van der Waals surface area contributed by atoms with Crippen LogP contribution in [0.15, 0.2) is 60.0 Å². The van der Waals surface area contributed by atoms with Crippen LogP contribution in [0.5, 0.6) is 5.75 Å². The molecule has 3 rings (SSSR count). The molecule has 0 atom stereocenters. The van der Waals surface area contributed by atoms with Crippen LogP contribution in [0.4, 0.5) is 10.1 Å². The van der Waals surface area contributed by atoms with Crippen molar-refractivity contribution in [2.45, 2.75) is 13.5 Å². The molecular weight excluding hydrogens is 379 g/mol. The van der Waals surface area contributed by atoms with Crippen molar-refractivity contribution < 1.29 is 18.7 Å². The predicted octanol–water partition coefficient (Wildman–Crippen LogP) is 4.47. The number of amides is 2. The standard InChI is InChI=1S/C21H19FN2O3S/c1-2-27-18-12-16(22)9-10-17(18)24-20(25)15-7-5-14(6-8-15)13-23-21(26)19-4-3-11-28-19/h3-12H,2,13H2,1H3,(H,23,26)(H,24,25). The van der Waals surface area contributed by atoms with Crippen LogP contribution in [-0.4, -0.2) is 18.4 Å². The molecule has 1 aromatic heterocycles. The topological polar surface area (TPSA) is 67.4 Å². The van der Waals surface area contributed by atoms with Gasteiger partial charge in [-0.25, -0.2) is 4.39 Å². The second-order valence-corrected chi connectivity index (χ2v) is 6.83. The van der Waals surface area contributed by atoms with E-state index in [1.165, 1.54) is 29.5 Å². The molecule has 0 fully saturated rings. The van der Waals surface area contributed by atoms with Crippen LogP contribution >= 0.6 is 11.3 Å². The van der Waals surface area contributed by atoms with Gasteiger partial charge in [0.25, 0.3) is 11.8 Å². The number of carbonyl (C=O) groups excluding carboxylic acids is 2. The molecule has 0 bridgehead atoms. The van der Waals surface area contributed by atoms with Gasteiger partial charge < -0.3 is 15.4 Å². The molecule has 0 unspecified atom stereocenters. The van der Waals surface area contributed by atoms with E-state index in [0.717, 1.165) is 5.56 Å². The smallest absolute Gasteiger partial charge is 0.261 e. The van der Waals surface area contributed by atoms with Crippen LogP contribution < -0.4 is 15.4 Å². The maximum absolute atomic E-state index is 13.4. The van der Waals surface area contributed by atoms with Gasteiger partial charge in [0.15, 0.2) is 0 Å². The summed E-state index contributed by atoms with van der Waals surface area (Å²) in [6.07, 6.45) is 0. The molecule has 0 aliphatic rings. The molecule has 1 heterocycles. The van der Waals surface area contributed by atoms with Gasteiger partial charge in [0.05, 0.1) is 17.2 Å². The number of hydrogen-bond donors (Lipinski definition) is 2. The molecule has 0 radical (unpaired) electrons. The first-order chi connectivity index (χ1) is 13.6. The molecule has 0 aliphatic heterocycles. The van der Waals surface area contributed by atoms with Gasteiger partial charge in [-0.1, -0.05) is 18.2 Å². The van der Waals surface area contributed by atoms with Crippen molar-refractivity contribution in [1.82, 2.24) is 5.32 Å². The fourth-order valence-electron chi connectivity index (χ4n) is 2.52. The first-order valence-corrected chi connectivity index (χ1v) is 9.59. The minimum absolute atomic E-state index is 0.128. The molecule has 2 N–H and O–H groups in total. The number of halogens is 1. The third kappa shape index (κ3) is 4.95. The Kier molecular flexibility index (Phi) is 6.39. The first-order valence-electron chi connectivity index (χ1n) is 8.71. The average Bonchev–Trinajstić information content (AvgIpc) is 3.24. The molecule has 5 nitrogen and oxygen atoms in total. The van der Waals surface area contributed by atoms with Gasteiger partial charge in [-0.3, -0.25) is 9.59 Å².